The lowest BCUT2D eigenvalue weighted by molar-refractivity contribution is 0.298. The van der Waals surface area contributed by atoms with Crippen molar-refractivity contribution in [2.45, 2.75) is 13.0 Å². The number of thiophene rings is 1. The summed E-state index contributed by atoms with van der Waals surface area (Å²) in [6.07, 6.45) is 0.675. The lowest BCUT2D eigenvalue weighted by atomic mass is 10.1. The zero-order chi connectivity index (χ0) is 14.2. The van der Waals surface area contributed by atoms with Gasteiger partial charge in [-0.1, -0.05) is 24.0 Å². The number of ether oxygens (including phenoxy) is 1. The predicted octanol–water partition coefficient (Wildman–Crippen LogP) is 2.17. The van der Waals surface area contributed by atoms with Gasteiger partial charge in [0.1, 0.15) is 12.4 Å². The zero-order valence-electron chi connectivity index (χ0n) is 11.1. The molecule has 1 aromatic heterocycles. The molecule has 104 valence electrons. The Morgan fingerprint density at radius 1 is 1.15 bits per heavy atom. The van der Waals surface area contributed by atoms with Gasteiger partial charge < -0.3 is 15.6 Å². The Bertz CT molecular complexity index is 593. The Balaban J connectivity index is 1.89. The van der Waals surface area contributed by atoms with Crippen LogP contribution in [-0.4, -0.2) is 18.3 Å². The summed E-state index contributed by atoms with van der Waals surface area (Å²) in [6, 6.07) is 11.8. The number of hydrogen-bond donors (Lipinski definition) is 2. The molecule has 0 unspecified atom stereocenters. The van der Waals surface area contributed by atoms with E-state index in [2.05, 4.69) is 11.8 Å². The van der Waals surface area contributed by atoms with Gasteiger partial charge in [-0.2, -0.15) is 0 Å². The third kappa shape index (κ3) is 4.39. The Kier molecular flexibility index (Phi) is 5.63. The molecule has 1 heterocycles. The molecule has 0 amide bonds. The standard InChI is InChI=1S/C16H17NO2S/c17-10-1-2-15-7-8-16(20-15)12-19-14-5-3-13(4-6-14)9-11-18/h3-8,18H,9-12,17H2. The van der Waals surface area contributed by atoms with Crippen LogP contribution in [0.1, 0.15) is 15.3 Å². The average Bonchev–Trinajstić information content (AvgIpc) is 2.93. The summed E-state index contributed by atoms with van der Waals surface area (Å²) in [6.45, 7) is 1.08. The van der Waals surface area contributed by atoms with E-state index in [1.807, 2.05) is 36.4 Å². The van der Waals surface area contributed by atoms with E-state index >= 15 is 0 Å². The number of aliphatic hydroxyl groups is 1. The molecule has 0 aliphatic heterocycles. The third-order valence-electron chi connectivity index (χ3n) is 2.68. The van der Waals surface area contributed by atoms with Crippen molar-refractivity contribution in [3.63, 3.8) is 0 Å². The topological polar surface area (TPSA) is 55.5 Å². The maximum absolute atomic E-state index is 8.86. The van der Waals surface area contributed by atoms with E-state index in [1.54, 1.807) is 11.3 Å². The molecule has 0 saturated heterocycles. The highest BCUT2D eigenvalue weighted by Gasteiger charge is 2.00. The van der Waals surface area contributed by atoms with Crippen molar-refractivity contribution in [3.05, 3.63) is 51.7 Å². The van der Waals surface area contributed by atoms with Gasteiger partial charge in [-0.15, -0.1) is 11.3 Å². The summed E-state index contributed by atoms with van der Waals surface area (Å²) in [5, 5.41) is 8.86. The monoisotopic (exact) mass is 287 g/mol. The van der Waals surface area contributed by atoms with Crippen molar-refractivity contribution in [3.8, 4) is 17.6 Å². The molecule has 0 saturated carbocycles. The summed E-state index contributed by atoms with van der Waals surface area (Å²) in [5.74, 6) is 6.67. The predicted molar refractivity (Wildman–Crippen MR) is 81.8 cm³/mol. The second-order valence-corrected chi connectivity index (χ2v) is 5.35. The summed E-state index contributed by atoms with van der Waals surface area (Å²) < 4.78 is 5.72. The second-order valence-electron chi connectivity index (χ2n) is 4.18. The smallest absolute Gasteiger partial charge is 0.122 e. The van der Waals surface area contributed by atoms with Gasteiger partial charge in [0, 0.05) is 11.5 Å². The minimum atomic E-state index is 0.169. The molecule has 2 aromatic rings. The van der Waals surface area contributed by atoms with Crippen molar-refractivity contribution in [1.29, 1.82) is 0 Å². The van der Waals surface area contributed by atoms with Crippen LogP contribution in [0.25, 0.3) is 0 Å². The van der Waals surface area contributed by atoms with E-state index in [4.69, 9.17) is 15.6 Å². The molecule has 4 heteroatoms. The summed E-state index contributed by atoms with van der Waals surface area (Å²) in [7, 11) is 0. The van der Waals surface area contributed by atoms with Crippen LogP contribution in [0.4, 0.5) is 0 Å². The van der Waals surface area contributed by atoms with Crippen LogP contribution >= 0.6 is 11.3 Å². The van der Waals surface area contributed by atoms with Gasteiger partial charge in [0.25, 0.3) is 0 Å². The van der Waals surface area contributed by atoms with Crippen molar-refractivity contribution in [1.82, 2.24) is 0 Å². The van der Waals surface area contributed by atoms with Crippen LogP contribution in [-0.2, 0) is 13.0 Å². The highest BCUT2D eigenvalue weighted by atomic mass is 32.1. The second kappa shape index (κ2) is 7.71. The van der Waals surface area contributed by atoms with Crippen LogP contribution in [0.2, 0.25) is 0 Å². The first kappa shape index (κ1) is 14.6. The quantitative estimate of drug-likeness (QED) is 0.829. The van der Waals surface area contributed by atoms with Gasteiger partial charge in [0.05, 0.1) is 11.4 Å². The Morgan fingerprint density at radius 2 is 1.95 bits per heavy atom. The minimum absolute atomic E-state index is 0.169. The first-order chi connectivity index (χ1) is 9.81. The first-order valence-electron chi connectivity index (χ1n) is 6.42. The summed E-state index contributed by atoms with van der Waals surface area (Å²) in [5.41, 5.74) is 6.45. The Hall–Kier alpha value is -1.80. The molecule has 0 radical (unpaired) electrons. The molecule has 0 fully saturated rings. The van der Waals surface area contributed by atoms with E-state index in [9.17, 15) is 0 Å². The third-order valence-corrected chi connectivity index (χ3v) is 3.65. The van der Waals surface area contributed by atoms with Gasteiger partial charge in [0.2, 0.25) is 0 Å². The molecule has 0 aliphatic rings. The molecule has 1 aromatic carbocycles. The number of rotatable bonds is 5. The van der Waals surface area contributed by atoms with Gasteiger partial charge in [-0.25, -0.2) is 0 Å². The Morgan fingerprint density at radius 3 is 2.65 bits per heavy atom. The molecule has 0 bridgehead atoms. The molecule has 0 aliphatic carbocycles. The minimum Gasteiger partial charge on any atom is -0.488 e. The summed E-state index contributed by atoms with van der Waals surface area (Å²) >= 11 is 1.62. The summed E-state index contributed by atoms with van der Waals surface area (Å²) in [4.78, 5) is 2.14. The maximum atomic E-state index is 8.86. The number of aliphatic hydroxyl groups excluding tert-OH is 1. The van der Waals surface area contributed by atoms with Crippen molar-refractivity contribution in [2.24, 2.45) is 5.73 Å². The van der Waals surface area contributed by atoms with Gasteiger partial charge in [-0.05, 0) is 36.2 Å². The first-order valence-corrected chi connectivity index (χ1v) is 7.23. The van der Waals surface area contributed by atoms with E-state index in [0.29, 0.717) is 19.6 Å². The fraction of sp³-hybridized carbons (Fsp3) is 0.250. The van der Waals surface area contributed by atoms with E-state index < -0.39 is 0 Å². The maximum Gasteiger partial charge on any atom is 0.122 e. The zero-order valence-corrected chi connectivity index (χ0v) is 12.0. The molecule has 0 spiro atoms. The van der Waals surface area contributed by atoms with Crippen LogP contribution in [0.5, 0.6) is 5.75 Å². The molecule has 2 rings (SSSR count). The lowest BCUT2D eigenvalue weighted by Crippen LogP contribution is -1.94. The van der Waals surface area contributed by atoms with Crippen LogP contribution in [0, 0.1) is 11.8 Å². The van der Waals surface area contributed by atoms with Crippen LogP contribution in [0.3, 0.4) is 0 Å². The largest absolute Gasteiger partial charge is 0.488 e. The molecule has 3 nitrogen and oxygen atoms in total. The molecular weight excluding hydrogens is 270 g/mol. The van der Waals surface area contributed by atoms with Gasteiger partial charge >= 0.3 is 0 Å². The number of nitrogens with two attached hydrogens (primary N) is 1. The molecule has 3 N–H and O–H groups in total. The fourth-order valence-corrected chi connectivity index (χ4v) is 2.49. The lowest BCUT2D eigenvalue weighted by Gasteiger charge is -2.05. The number of hydrogen-bond acceptors (Lipinski definition) is 4. The van der Waals surface area contributed by atoms with Crippen molar-refractivity contribution in [2.75, 3.05) is 13.2 Å². The van der Waals surface area contributed by atoms with Crippen molar-refractivity contribution >= 4 is 11.3 Å². The van der Waals surface area contributed by atoms with Gasteiger partial charge in [-0.3, -0.25) is 0 Å². The van der Waals surface area contributed by atoms with Crippen LogP contribution in [0.15, 0.2) is 36.4 Å². The number of benzene rings is 1. The van der Waals surface area contributed by atoms with E-state index in [0.717, 1.165) is 21.1 Å². The normalized spacial score (nSPS) is 9.90. The molecule has 20 heavy (non-hydrogen) atoms. The highest BCUT2D eigenvalue weighted by molar-refractivity contribution is 7.12. The van der Waals surface area contributed by atoms with E-state index in [-0.39, 0.29) is 6.61 Å². The van der Waals surface area contributed by atoms with Crippen molar-refractivity contribution < 1.29 is 9.84 Å². The van der Waals surface area contributed by atoms with Gasteiger partial charge in [0.15, 0.2) is 0 Å². The molecular formula is C16H17NO2S. The fourth-order valence-electron chi connectivity index (χ4n) is 1.70. The molecule has 0 atom stereocenters. The Labute approximate surface area is 123 Å². The van der Waals surface area contributed by atoms with E-state index in [1.165, 1.54) is 0 Å². The SMILES string of the molecule is NCC#Cc1ccc(COc2ccc(CCO)cc2)s1. The average molecular weight is 287 g/mol. The van der Waals surface area contributed by atoms with Crippen LogP contribution < -0.4 is 10.5 Å². The highest BCUT2D eigenvalue weighted by Crippen LogP contribution is 2.19.